The fourth-order valence-electron chi connectivity index (χ4n) is 1.35. The number of hydrogen-bond acceptors (Lipinski definition) is 1. The summed E-state index contributed by atoms with van der Waals surface area (Å²) < 4.78 is 36.9. The van der Waals surface area contributed by atoms with Crippen molar-refractivity contribution in [3.63, 3.8) is 0 Å². The summed E-state index contributed by atoms with van der Waals surface area (Å²) in [7, 11) is 0. The van der Waals surface area contributed by atoms with E-state index in [1.54, 1.807) is 12.1 Å². The van der Waals surface area contributed by atoms with Crippen molar-refractivity contribution in [2.24, 2.45) is 0 Å². The van der Waals surface area contributed by atoms with E-state index in [-0.39, 0.29) is 0 Å². The van der Waals surface area contributed by atoms with Gasteiger partial charge in [0.1, 0.15) is 0 Å². The molecule has 2 nitrogen and oxygen atoms in total. The summed E-state index contributed by atoms with van der Waals surface area (Å²) in [6.07, 6.45) is -4.40. The second-order valence-corrected chi connectivity index (χ2v) is 3.53. The lowest BCUT2D eigenvalue weighted by Gasteiger charge is -1.99. The van der Waals surface area contributed by atoms with Crippen LogP contribution in [0, 0.1) is 6.92 Å². The molecule has 0 atom stereocenters. The third-order valence-electron chi connectivity index (χ3n) is 2.23. The van der Waals surface area contributed by atoms with Crippen molar-refractivity contribution in [3.05, 3.63) is 41.6 Å². The normalized spacial score (nSPS) is 11.8. The molecule has 0 aliphatic heterocycles. The lowest BCUT2D eigenvalue weighted by Crippen LogP contribution is -2.04. The first-order chi connectivity index (χ1) is 7.47. The predicted molar refractivity (Wildman–Crippen MR) is 53.8 cm³/mol. The molecule has 0 saturated carbocycles. The third kappa shape index (κ3) is 2.08. The van der Waals surface area contributed by atoms with Crippen LogP contribution in [0.1, 0.15) is 11.3 Å². The molecule has 0 saturated heterocycles. The van der Waals surface area contributed by atoms with Crippen LogP contribution < -0.4 is 0 Å². The van der Waals surface area contributed by atoms with Crippen molar-refractivity contribution >= 4 is 0 Å². The molecule has 16 heavy (non-hydrogen) atoms. The monoisotopic (exact) mass is 226 g/mol. The van der Waals surface area contributed by atoms with E-state index in [4.69, 9.17) is 0 Å². The van der Waals surface area contributed by atoms with Gasteiger partial charge in [-0.3, -0.25) is 5.10 Å². The minimum atomic E-state index is -4.40. The van der Waals surface area contributed by atoms with Crippen molar-refractivity contribution in [2.75, 3.05) is 0 Å². The Morgan fingerprint density at radius 2 is 1.75 bits per heavy atom. The van der Waals surface area contributed by atoms with Crippen LogP contribution in [0.25, 0.3) is 11.3 Å². The van der Waals surface area contributed by atoms with Crippen molar-refractivity contribution < 1.29 is 13.2 Å². The number of aromatic nitrogens is 2. The Labute approximate surface area is 90.1 Å². The van der Waals surface area contributed by atoms with Crippen molar-refractivity contribution in [3.8, 4) is 11.3 Å². The molecule has 1 aromatic heterocycles. The Hall–Kier alpha value is -1.78. The van der Waals surface area contributed by atoms with E-state index in [9.17, 15) is 13.2 Å². The van der Waals surface area contributed by atoms with Gasteiger partial charge in [-0.15, -0.1) is 0 Å². The van der Waals surface area contributed by atoms with Crippen molar-refractivity contribution in [1.82, 2.24) is 10.2 Å². The van der Waals surface area contributed by atoms with Gasteiger partial charge in [0, 0.05) is 0 Å². The van der Waals surface area contributed by atoms with Crippen LogP contribution in [0.3, 0.4) is 0 Å². The summed E-state index contributed by atoms with van der Waals surface area (Å²) in [5.74, 6) is 0. The van der Waals surface area contributed by atoms with E-state index >= 15 is 0 Å². The average molecular weight is 226 g/mol. The SMILES string of the molecule is Cc1ccc(-c2cc(C(F)(F)F)n[nH]2)cc1. The van der Waals surface area contributed by atoms with Crippen LogP contribution >= 0.6 is 0 Å². The minimum Gasteiger partial charge on any atom is -0.277 e. The van der Waals surface area contributed by atoms with E-state index in [1.807, 2.05) is 19.1 Å². The van der Waals surface area contributed by atoms with Crippen LogP contribution in [0.4, 0.5) is 13.2 Å². The van der Waals surface area contributed by atoms with Crippen LogP contribution in [0.15, 0.2) is 30.3 Å². The first kappa shape index (κ1) is 10.7. The molecular formula is C11H9F3N2. The maximum absolute atomic E-state index is 12.3. The van der Waals surface area contributed by atoms with Gasteiger partial charge in [0.25, 0.3) is 0 Å². The van der Waals surface area contributed by atoms with Gasteiger partial charge < -0.3 is 0 Å². The maximum Gasteiger partial charge on any atom is 0.435 e. The predicted octanol–water partition coefficient (Wildman–Crippen LogP) is 3.40. The van der Waals surface area contributed by atoms with E-state index < -0.39 is 11.9 Å². The second-order valence-electron chi connectivity index (χ2n) is 3.53. The highest BCUT2D eigenvalue weighted by molar-refractivity contribution is 5.59. The summed E-state index contributed by atoms with van der Waals surface area (Å²) >= 11 is 0. The summed E-state index contributed by atoms with van der Waals surface area (Å²) in [6, 6.07) is 8.18. The van der Waals surface area contributed by atoms with Gasteiger partial charge in [-0.2, -0.15) is 18.3 Å². The number of benzene rings is 1. The summed E-state index contributed by atoms with van der Waals surface area (Å²) in [5, 5.41) is 5.61. The number of alkyl halides is 3. The summed E-state index contributed by atoms with van der Waals surface area (Å²) in [4.78, 5) is 0. The minimum absolute atomic E-state index is 0.368. The molecule has 5 heteroatoms. The fourth-order valence-corrected chi connectivity index (χ4v) is 1.35. The number of rotatable bonds is 1. The Kier molecular flexibility index (Phi) is 2.46. The Morgan fingerprint density at radius 3 is 2.25 bits per heavy atom. The van der Waals surface area contributed by atoms with Gasteiger partial charge >= 0.3 is 6.18 Å². The molecule has 1 aromatic carbocycles. The highest BCUT2D eigenvalue weighted by atomic mass is 19.4. The number of nitrogens with zero attached hydrogens (tertiary/aromatic N) is 1. The Bertz CT molecular complexity index is 483. The molecule has 0 amide bonds. The van der Waals surface area contributed by atoms with Gasteiger partial charge in [-0.25, -0.2) is 0 Å². The van der Waals surface area contributed by atoms with E-state index in [0.29, 0.717) is 11.3 Å². The Morgan fingerprint density at radius 1 is 1.12 bits per heavy atom. The molecule has 0 aliphatic carbocycles. The molecule has 0 spiro atoms. The highest BCUT2D eigenvalue weighted by Crippen LogP contribution is 2.30. The van der Waals surface area contributed by atoms with E-state index in [2.05, 4.69) is 10.2 Å². The van der Waals surface area contributed by atoms with Gasteiger partial charge in [-0.05, 0) is 18.6 Å². The highest BCUT2D eigenvalue weighted by Gasteiger charge is 2.33. The smallest absolute Gasteiger partial charge is 0.277 e. The van der Waals surface area contributed by atoms with Gasteiger partial charge in [0.15, 0.2) is 5.69 Å². The van der Waals surface area contributed by atoms with E-state index in [1.165, 1.54) is 0 Å². The number of nitrogens with one attached hydrogen (secondary N) is 1. The fraction of sp³-hybridized carbons (Fsp3) is 0.182. The number of halogens is 3. The molecule has 0 fully saturated rings. The van der Waals surface area contributed by atoms with Gasteiger partial charge in [-0.1, -0.05) is 29.8 Å². The van der Waals surface area contributed by atoms with Crippen molar-refractivity contribution in [2.45, 2.75) is 13.1 Å². The molecule has 0 radical (unpaired) electrons. The molecule has 0 aliphatic rings. The molecule has 0 bridgehead atoms. The second kappa shape index (κ2) is 3.66. The number of H-pyrrole nitrogens is 1. The molecule has 2 rings (SSSR count). The number of aromatic amines is 1. The summed E-state index contributed by atoms with van der Waals surface area (Å²) in [5.41, 5.74) is 1.21. The third-order valence-corrected chi connectivity index (χ3v) is 2.23. The molecule has 0 unspecified atom stereocenters. The van der Waals surface area contributed by atoms with Crippen LogP contribution in [-0.4, -0.2) is 10.2 Å². The van der Waals surface area contributed by atoms with Crippen molar-refractivity contribution in [1.29, 1.82) is 0 Å². The zero-order chi connectivity index (χ0) is 11.8. The largest absolute Gasteiger partial charge is 0.435 e. The molecule has 84 valence electrons. The first-order valence-corrected chi connectivity index (χ1v) is 4.66. The van der Waals surface area contributed by atoms with Gasteiger partial charge in [0.05, 0.1) is 5.69 Å². The van der Waals surface area contributed by atoms with Gasteiger partial charge in [0.2, 0.25) is 0 Å². The quantitative estimate of drug-likeness (QED) is 0.793. The number of hydrogen-bond donors (Lipinski definition) is 1. The van der Waals surface area contributed by atoms with Crippen LogP contribution in [0.2, 0.25) is 0 Å². The molecular weight excluding hydrogens is 217 g/mol. The standard InChI is InChI=1S/C11H9F3N2/c1-7-2-4-8(5-3-7)9-6-10(16-15-9)11(12,13)14/h2-6H,1H3,(H,15,16). The molecule has 2 aromatic rings. The maximum atomic E-state index is 12.3. The average Bonchev–Trinajstić information content (AvgIpc) is 2.67. The zero-order valence-electron chi connectivity index (χ0n) is 8.47. The topological polar surface area (TPSA) is 28.7 Å². The van der Waals surface area contributed by atoms with E-state index in [0.717, 1.165) is 11.6 Å². The summed E-state index contributed by atoms with van der Waals surface area (Å²) in [6.45, 7) is 1.91. The number of aryl methyl sites for hydroxylation is 1. The molecule has 1 N–H and O–H groups in total. The lowest BCUT2D eigenvalue weighted by atomic mass is 10.1. The lowest BCUT2D eigenvalue weighted by molar-refractivity contribution is -0.141. The Balaban J connectivity index is 2.35. The van der Waals surface area contributed by atoms with Crippen LogP contribution in [-0.2, 0) is 6.18 Å². The first-order valence-electron chi connectivity index (χ1n) is 4.66. The molecule has 1 heterocycles. The van der Waals surface area contributed by atoms with Crippen LogP contribution in [0.5, 0.6) is 0 Å². The zero-order valence-corrected chi connectivity index (χ0v) is 8.47.